The second kappa shape index (κ2) is 50.0. The topological polar surface area (TPSA) is 35.5 Å². The van der Waals surface area contributed by atoms with Gasteiger partial charge in [-0.15, -0.1) is 0 Å². The standard InChI is InChI=1S/C36H28S3.C30H39S.C24H25O3S.C24H25S.C18H13S/c1-5-13-31(14-6-1)38(32-15-7-2-8-16-32)35-25-21-29(22-26-35)37-30-23-27-36(28-24-30)39(33-17-9-3-10-18-33)34-19-11-4-12-20-34;1-22(2)21-23-9-15-26(16-10-23)31(27-17-11-24(12-18-27)29(3,4)5)28-19-13-25(14-20-28)30(6,7)8;1-24(2,3)27-23(25)18-26-19-14-16-22(17-15-19)28(20-10-6-4-7-11-20)21-12-8-5-9-13-21;1-4-10-20(11-5-1)21-16-18-24(19-17-21)25(22-12-6-2-7-13-22)23-14-8-3-9-15-23;1-2-8-14(9-3-1)19-17-12-6-4-10-15(17)16-11-5-7-13-18(16)19/h1-28H;9-20,22H,21H2,1-8H3;4-17H,18H2,1-3H3;2-3,6-9,12-20H,1,4-5,10-11H2;1-13H/q+2;4*+1. The minimum atomic E-state index is -0.510. The average molecular weight is 1990 g/mol. The van der Waals surface area contributed by atoms with Gasteiger partial charge in [-0.1, -0.05) is 323 Å². The summed E-state index contributed by atoms with van der Waals surface area (Å²) < 4.78 is 13.8. The van der Waals surface area contributed by atoms with Crippen LogP contribution in [0.1, 0.15) is 136 Å². The van der Waals surface area contributed by atoms with Crippen LogP contribution < -0.4 is 4.74 Å². The Kier molecular flexibility index (Phi) is 36.1. The van der Waals surface area contributed by atoms with Crippen LogP contribution in [0.15, 0.2) is 575 Å². The number of hydrogen-bond donors (Lipinski definition) is 0. The van der Waals surface area contributed by atoms with Crippen LogP contribution in [0, 0.1) is 5.92 Å². The van der Waals surface area contributed by atoms with E-state index < -0.39 is 5.60 Å². The van der Waals surface area contributed by atoms with Gasteiger partial charge in [-0.25, -0.2) is 4.79 Å². The zero-order valence-corrected chi connectivity index (χ0v) is 89.2. The number of carbonyl (C=O) groups excluding carboxylic acids is 1. The van der Waals surface area contributed by atoms with E-state index in [1.807, 2.05) is 56.8 Å². The molecule has 1 aliphatic rings. The first-order valence-corrected chi connectivity index (χ1v) is 57.6. The second-order valence-corrected chi connectivity index (χ2v) is 52.0. The Morgan fingerprint density at radius 3 is 0.838 bits per heavy atom. The summed E-state index contributed by atoms with van der Waals surface area (Å²) in [5, 5.41) is 2.79. The number of thiophene rings is 1. The Labute approximate surface area is 866 Å². The van der Waals surface area contributed by atoms with E-state index in [1.165, 1.54) is 163 Å². The summed E-state index contributed by atoms with van der Waals surface area (Å²) in [6, 6.07) is 178. The number of benzene rings is 18. The van der Waals surface area contributed by atoms with E-state index in [0.717, 1.165) is 12.3 Å². The van der Waals surface area contributed by atoms with Gasteiger partial charge in [0.2, 0.25) is 0 Å². The Hall–Kier alpha value is -12.5. The van der Waals surface area contributed by atoms with Gasteiger partial charge in [0.05, 0.1) is 54.5 Å². The van der Waals surface area contributed by atoms with Crippen molar-refractivity contribution in [3.63, 3.8) is 0 Å². The van der Waals surface area contributed by atoms with Gasteiger partial charge in [0, 0.05) is 31.0 Å². The largest absolute Gasteiger partial charge is 0.482 e. The summed E-state index contributed by atoms with van der Waals surface area (Å²) in [4.78, 5) is 35.8. The van der Waals surface area contributed by atoms with Crippen LogP contribution >= 0.6 is 22.2 Å². The third kappa shape index (κ3) is 28.1. The Morgan fingerprint density at radius 1 is 0.296 bits per heavy atom. The summed E-state index contributed by atoms with van der Waals surface area (Å²) in [7, 11) is -0.516. The van der Waals surface area contributed by atoms with Crippen LogP contribution in [0.5, 0.6) is 5.75 Å². The molecule has 0 amide bonds. The normalized spacial score (nSPS) is 12.2. The lowest BCUT2D eigenvalue weighted by molar-refractivity contribution is -0.157. The molecule has 18 aromatic carbocycles. The average Bonchev–Trinajstić information content (AvgIpc) is 1.60. The molecule has 1 fully saturated rings. The number of ether oxygens (including phenoxy) is 2. The number of hydrogen-bond acceptors (Lipinski definition) is 4. The van der Waals surface area contributed by atoms with Gasteiger partial charge in [0.1, 0.15) is 11.4 Å². The fraction of sp³-hybridized carbons (Fsp3) is 0.174. The molecule has 1 aromatic heterocycles. The van der Waals surface area contributed by atoms with Crippen LogP contribution in [0.3, 0.4) is 0 Å². The number of carbonyl (C=O) groups is 1. The molecule has 20 rings (SSSR count). The fourth-order valence-corrected chi connectivity index (χ4v) is 31.1. The van der Waals surface area contributed by atoms with Crippen molar-refractivity contribution >= 4 is 103 Å². The van der Waals surface area contributed by atoms with Gasteiger partial charge >= 0.3 is 5.97 Å². The first kappa shape index (κ1) is 102. The maximum Gasteiger partial charge on any atom is 0.344 e. The predicted octanol–water partition coefficient (Wildman–Crippen LogP) is 36.7. The zero-order valence-electron chi connectivity index (χ0n) is 83.5. The van der Waals surface area contributed by atoms with E-state index in [-0.39, 0.29) is 88.4 Å². The predicted molar refractivity (Wildman–Crippen MR) is 610 cm³/mol. The number of fused-ring (bicyclic) bond motifs is 3. The fourth-order valence-electron chi connectivity index (χ4n) is 17.5. The van der Waals surface area contributed by atoms with E-state index in [1.54, 1.807) is 0 Å². The van der Waals surface area contributed by atoms with Crippen molar-refractivity contribution in [3.8, 4) is 10.6 Å². The van der Waals surface area contributed by atoms with Crippen LogP contribution in [0.2, 0.25) is 0 Å². The molecule has 0 aliphatic heterocycles. The highest BCUT2D eigenvalue weighted by atomic mass is 32.2. The molecule has 1 heterocycles. The van der Waals surface area contributed by atoms with Crippen LogP contribution in [-0.2, 0) is 81.3 Å². The van der Waals surface area contributed by atoms with Crippen LogP contribution in [0.4, 0.5) is 0 Å². The molecule has 1 saturated carbocycles. The van der Waals surface area contributed by atoms with Crippen molar-refractivity contribution in [2.24, 2.45) is 5.92 Å². The highest BCUT2D eigenvalue weighted by Crippen LogP contribution is 2.49. The number of esters is 1. The highest BCUT2D eigenvalue weighted by Gasteiger charge is 2.36. The SMILES string of the molecule is CC(C)(C)OC(=O)COc1ccc([S+](c2ccccc2)c2ccccc2)cc1.CC(C)Cc1ccc([S+](c2ccc(C(C)(C)C)cc2)c2ccc(C(C)(C)C)cc2)cc1.c1ccc(-[s+]2c3ccccc3c3ccccc32)cc1.c1ccc([S+](c2ccccc2)c2ccc(C3CCCCC3)cc2)cc1.c1ccc([S+](c2ccccc2)c2ccc(Sc3ccc([S+](c4ccccc4)c4ccccc4)cc3)cc2)cc1. The molecule has 712 valence electrons. The maximum atomic E-state index is 11.8. The summed E-state index contributed by atoms with van der Waals surface area (Å²) in [5.74, 6) is 1.74. The van der Waals surface area contributed by atoms with E-state index in [2.05, 4.69) is 523 Å². The molecule has 3 nitrogen and oxygen atoms in total. The first-order valence-electron chi connectivity index (χ1n) is 49.4. The summed E-state index contributed by atoms with van der Waals surface area (Å²) in [6.45, 7) is 23.7. The minimum Gasteiger partial charge on any atom is -0.482 e. The van der Waals surface area contributed by atoms with E-state index in [4.69, 9.17) is 9.47 Å². The zero-order chi connectivity index (χ0) is 98.6. The molecule has 0 N–H and O–H groups in total. The van der Waals surface area contributed by atoms with Crippen LogP contribution in [-0.4, -0.2) is 18.2 Å². The molecule has 10 heteroatoms. The van der Waals surface area contributed by atoms with Crippen molar-refractivity contribution in [2.75, 3.05) is 6.61 Å². The molecule has 0 saturated heterocycles. The van der Waals surface area contributed by atoms with Gasteiger partial charge in [-0.2, -0.15) is 0 Å². The van der Waals surface area contributed by atoms with E-state index in [0.29, 0.717) is 11.7 Å². The third-order valence-electron chi connectivity index (χ3n) is 24.4. The molecule has 1 aliphatic carbocycles. The lowest BCUT2D eigenvalue weighted by atomic mass is 9.84. The quantitative estimate of drug-likeness (QED) is 0.0446. The monoisotopic (exact) mass is 1990 g/mol. The van der Waals surface area contributed by atoms with Crippen LogP contribution in [0.25, 0.3) is 25.1 Å². The number of rotatable bonds is 24. The van der Waals surface area contributed by atoms with Gasteiger partial charge in [0.25, 0.3) is 0 Å². The summed E-state index contributed by atoms with van der Waals surface area (Å²) in [6.07, 6.45) is 8.06. The third-order valence-corrected chi connectivity index (χ3v) is 38.9. The molecular formula is C132H130O3S7+6. The molecular weight excluding hydrogens is 1860 g/mol. The molecule has 142 heavy (non-hydrogen) atoms. The van der Waals surface area contributed by atoms with Crippen molar-refractivity contribution < 1.29 is 14.3 Å². The first-order chi connectivity index (χ1) is 69.1. The molecule has 0 unspecified atom stereocenters. The lowest BCUT2D eigenvalue weighted by Crippen LogP contribution is -2.27. The molecule has 19 aromatic rings. The maximum absolute atomic E-state index is 11.8. The molecule has 0 atom stereocenters. The Balaban J connectivity index is 0.000000130. The van der Waals surface area contributed by atoms with Crippen molar-refractivity contribution in [1.82, 2.24) is 0 Å². The van der Waals surface area contributed by atoms with Crippen molar-refractivity contribution in [3.05, 3.63) is 514 Å². The Morgan fingerprint density at radius 2 is 0.549 bits per heavy atom. The summed E-state index contributed by atoms with van der Waals surface area (Å²) in [5.41, 5.74) is 5.56. The minimum absolute atomic E-state index is 0.0278. The molecule has 0 spiro atoms. The van der Waals surface area contributed by atoms with Gasteiger partial charge in [-0.3, -0.25) is 0 Å². The molecule has 0 radical (unpaired) electrons. The van der Waals surface area contributed by atoms with E-state index in [9.17, 15) is 4.79 Å². The van der Waals surface area contributed by atoms with Crippen molar-refractivity contribution in [1.29, 1.82) is 0 Å². The van der Waals surface area contributed by atoms with Gasteiger partial charge < -0.3 is 9.47 Å². The van der Waals surface area contributed by atoms with Gasteiger partial charge in [0.15, 0.2) is 94.3 Å². The van der Waals surface area contributed by atoms with Crippen molar-refractivity contribution in [2.45, 2.75) is 220 Å². The summed E-state index contributed by atoms with van der Waals surface area (Å²) >= 11 is 1.82. The smallest absolute Gasteiger partial charge is 0.344 e. The highest BCUT2D eigenvalue weighted by molar-refractivity contribution is 7.99. The van der Waals surface area contributed by atoms with E-state index >= 15 is 0 Å². The second-order valence-electron chi connectivity index (χ2n) is 38.7. The van der Waals surface area contributed by atoms with Gasteiger partial charge in [-0.05, 0) is 340 Å². The Bertz CT molecular complexity index is 6650. The molecule has 0 bridgehead atoms. The lowest BCUT2D eigenvalue weighted by Gasteiger charge is -2.22.